The zero-order valence-corrected chi connectivity index (χ0v) is 20.7. The van der Waals surface area contributed by atoms with Gasteiger partial charge in [0.25, 0.3) is 0 Å². The van der Waals surface area contributed by atoms with Crippen molar-refractivity contribution in [3.05, 3.63) is 43.1 Å². The Bertz CT molecular complexity index is 1150. The van der Waals surface area contributed by atoms with Crippen LogP contribution >= 0.6 is 0 Å². The fourth-order valence-electron chi connectivity index (χ4n) is 5.55. The Morgan fingerprint density at radius 2 is 2.14 bits per heavy atom. The second-order valence-electron chi connectivity index (χ2n) is 9.43. The van der Waals surface area contributed by atoms with Crippen molar-refractivity contribution in [2.75, 3.05) is 25.9 Å². The van der Waals surface area contributed by atoms with E-state index in [2.05, 4.69) is 20.2 Å². The number of anilines is 1. The smallest absolute Gasteiger partial charge is 0.376 e. The third kappa shape index (κ3) is 4.68. The van der Waals surface area contributed by atoms with Crippen LogP contribution in [-0.4, -0.2) is 86.9 Å². The van der Waals surface area contributed by atoms with Crippen LogP contribution in [0.1, 0.15) is 25.7 Å². The van der Waals surface area contributed by atoms with E-state index in [1.165, 1.54) is 0 Å². The summed E-state index contributed by atoms with van der Waals surface area (Å²) in [5.74, 6) is 1.45. The minimum absolute atomic E-state index is 0.0695. The first kappa shape index (κ1) is 24.6. The van der Waals surface area contributed by atoms with Crippen LogP contribution in [0.4, 0.5) is 10.2 Å². The van der Waals surface area contributed by atoms with E-state index in [0.29, 0.717) is 29.4 Å². The summed E-state index contributed by atoms with van der Waals surface area (Å²) in [6.07, 6.45) is 9.07. The Morgan fingerprint density at radius 3 is 2.83 bits per heavy atom. The number of nitrogens with zero attached hydrogens (tertiary/aromatic N) is 7. The van der Waals surface area contributed by atoms with E-state index in [1.807, 2.05) is 45.7 Å². The van der Waals surface area contributed by atoms with Gasteiger partial charge >= 0.3 is 7.05 Å². The number of halogens is 1. The van der Waals surface area contributed by atoms with Gasteiger partial charge in [0.1, 0.15) is 11.9 Å². The van der Waals surface area contributed by atoms with E-state index in [-0.39, 0.29) is 24.9 Å². The summed E-state index contributed by atoms with van der Waals surface area (Å²) >= 11 is 0. The van der Waals surface area contributed by atoms with E-state index in [0.717, 1.165) is 24.9 Å². The lowest BCUT2D eigenvalue weighted by Gasteiger charge is -2.53. The van der Waals surface area contributed by atoms with Crippen molar-refractivity contribution >= 4 is 12.9 Å². The van der Waals surface area contributed by atoms with Crippen molar-refractivity contribution in [3.8, 4) is 22.8 Å². The van der Waals surface area contributed by atoms with Crippen molar-refractivity contribution < 1.29 is 18.9 Å². The highest BCUT2D eigenvalue weighted by Gasteiger charge is 2.49. The largest absolute Gasteiger partial charge is 0.467 e. The molecule has 2 aliphatic heterocycles. The quantitative estimate of drug-likeness (QED) is 0.373. The van der Waals surface area contributed by atoms with Gasteiger partial charge in [0.15, 0.2) is 18.4 Å². The van der Waals surface area contributed by atoms with Crippen LogP contribution < -0.4 is 9.64 Å². The first-order valence-corrected chi connectivity index (χ1v) is 12.2. The Morgan fingerprint density at radius 1 is 1.28 bits per heavy atom. The molecule has 2 unspecified atom stereocenters. The highest BCUT2D eigenvalue weighted by atomic mass is 19.1. The fourth-order valence-corrected chi connectivity index (χ4v) is 5.55. The van der Waals surface area contributed by atoms with Crippen LogP contribution in [-0.2, 0) is 4.74 Å². The molecule has 10 nitrogen and oxygen atoms in total. The zero-order chi connectivity index (χ0) is 25.2. The van der Waals surface area contributed by atoms with Crippen LogP contribution in [0.25, 0.3) is 17.1 Å². The normalized spacial score (nSPS) is 23.9. The van der Waals surface area contributed by atoms with Gasteiger partial charge in [0, 0.05) is 44.7 Å². The van der Waals surface area contributed by atoms with Gasteiger partial charge < -0.3 is 28.8 Å². The number of hydrogen-bond donors (Lipinski definition) is 1. The van der Waals surface area contributed by atoms with Crippen LogP contribution in [0.5, 0.6) is 5.75 Å². The molecule has 0 saturated carbocycles. The average Bonchev–Trinajstić information content (AvgIpc) is 3.44. The number of aromatic nitrogens is 5. The number of rotatable bonds is 8. The third-order valence-corrected chi connectivity index (χ3v) is 7.27. The van der Waals surface area contributed by atoms with Crippen molar-refractivity contribution in [1.29, 1.82) is 0 Å². The molecule has 2 fully saturated rings. The zero-order valence-electron chi connectivity index (χ0n) is 20.7. The number of piperidine rings is 2. The lowest BCUT2D eigenvalue weighted by atomic mass is 9.70. The monoisotopic (exact) mass is 495 g/mol. The SMILES string of the molecule is COCOc1cc(-n2ccnc2)ccc1-c1ncc(N(C)[C@H]2CC3CCCC([C@H]2F)N3B(C)O)nn1. The van der Waals surface area contributed by atoms with Gasteiger partial charge in [-0.3, -0.25) is 0 Å². The summed E-state index contributed by atoms with van der Waals surface area (Å²) in [4.78, 5) is 12.4. The van der Waals surface area contributed by atoms with Crippen molar-refractivity contribution in [2.45, 2.75) is 56.8 Å². The van der Waals surface area contributed by atoms with E-state index in [4.69, 9.17) is 9.47 Å². The number of benzene rings is 1. The van der Waals surface area contributed by atoms with Crippen LogP contribution in [0, 0.1) is 0 Å². The molecule has 0 aliphatic carbocycles. The highest BCUT2D eigenvalue weighted by Crippen LogP contribution is 2.39. The van der Waals surface area contributed by atoms with Gasteiger partial charge in [-0.1, -0.05) is 6.42 Å². The molecule has 12 heteroatoms. The summed E-state index contributed by atoms with van der Waals surface area (Å²) < 4.78 is 28.4. The highest BCUT2D eigenvalue weighted by molar-refractivity contribution is 6.45. The van der Waals surface area contributed by atoms with Crippen molar-refractivity contribution in [3.63, 3.8) is 0 Å². The molecule has 1 aromatic carbocycles. The first-order valence-electron chi connectivity index (χ1n) is 12.2. The molecule has 2 bridgehead atoms. The predicted octanol–water partition coefficient (Wildman–Crippen LogP) is 2.59. The van der Waals surface area contributed by atoms with Crippen LogP contribution in [0.2, 0.25) is 6.82 Å². The molecular formula is C24H31BFN7O3. The van der Waals surface area contributed by atoms with Crippen molar-refractivity contribution in [2.24, 2.45) is 0 Å². The molecule has 2 aliphatic rings. The third-order valence-electron chi connectivity index (χ3n) is 7.27. The maximum Gasteiger partial charge on any atom is 0.376 e. The molecule has 0 amide bonds. The summed E-state index contributed by atoms with van der Waals surface area (Å²) in [6, 6.07) is 5.15. The van der Waals surface area contributed by atoms with Gasteiger partial charge in [-0.15, -0.1) is 10.2 Å². The minimum atomic E-state index is -1.10. The first-order chi connectivity index (χ1) is 17.5. The molecule has 4 heterocycles. The van der Waals surface area contributed by atoms with E-state index in [9.17, 15) is 5.02 Å². The van der Waals surface area contributed by atoms with Gasteiger partial charge in [0.2, 0.25) is 0 Å². The fraction of sp³-hybridized carbons (Fsp3) is 0.500. The summed E-state index contributed by atoms with van der Waals surface area (Å²) in [7, 11) is 2.74. The Labute approximate surface area is 210 Å². The molecule has 1 N–H and O–H groups in total. The molecule has 190 valence electrons. The Hall–Kier alpha value is -3.09. The molecule has 3 aromatic rings. The maximum absolute atomic E-state index is 15.6. The van der Waals surface area contributed by atoms with Crippen LogP contribution in [0.15, 0.2) is 43.1 Å². The summed E-state index contributed by atoms with van der Waals surface area (Å²) in [5.41, 5.74) is 1.54. The number of ether oxygens (including phenoxy) is 2. The minimum Gasteiger partial charge on any atom is -0.467 e. The van der Waals surface area contributed by atoms with E-state index in [1.54, 1.807) is 32.7 Å². The summed E-state index contributed by atoms with van der Waals surface area (Å²) in [5, 5.41) is 19.0. The maximum atomic E-state index is 15.6. The number of imidazole rings is 1. The molecule has 5 rings (SSSR count). The Balaban J connectivity index is 1.37. The standard InChI is InChI=1S/C24H31BFN7O3/c1-25(34)33-17-5-4-6-19(33)23(26)20(11-17)31(2)22-13-28-24(30-29-22)18-8-7-16(32-10-9-27-14-32)12-21(18)36-15-35-3/h7-10,12-14,17,19-20,23,34H,4-6,11,15H2,1-3H3/t17?,19?,20-,23+/m0/s1. The average molecular weight is 495 g/mol. The number of fused-ring (bicyclic) bond motifs is 2. The Kier molecular flexibility index (Phi) is 7.17. The summed E-state index contributed by atoms with van der Waals surface area (Å²) in [6.45, 7) is 1.79. The van der Waals surface area contributed by atoms with Gasteiger partial charge in [-0.2, -0.15) is 0 Å². The van der Waals surface area contributed by atoms with E-state index >= 15 is 4.39 Å². The molecule has 0 spiro atoms. The number of hydrogen-bond acceptors (Lipinski definition) is 9. The lowest BCUT2D eigenvalue weighted by Crippen LogP contribution is -2.66. The number of alkyl halides is 1. The van der Waals surface area contributed by atoms with Gasteiger partial charge in [0.05, 0.1) is 29.8 Å². The molecule has 2 aromatic heterocycles. The topological polar surface area (TPSA) is 102 Å². The van der Waals surface area contributed by atoms with E-state index < -0.39 is 13.2 Å². The molecule has 0 radical (unpaired) electrons. The lowest BCUT2D eigenvalue weighted by molar-refractivity contribution is 0.0203. The second-order valence-corrected chi connectivity index (χ2v) is 9.43. The van der Waals surface area contributed by atoms with Gasteiger partial charge in [-0.25, -0.2) is 14.4 Å². The number of methoxy groups -OCH3 is 1. The van der Waals surface area contributed by atoms with Crippen LogP contribution in [0.3, 0.4) is 0 Å². The predicted molar refractivity (Wildman–Crippen MR) is 134 cm³/mol. The molecular weight excluding hydrogens is 464 g/mol. The molecule has 36 heavy (non-hydrogen) atoms. The second kappa shape index (κ2) is 10.5. The van der Waals surface area contributed by atoms with Gasteiger partial charge in [-0.05, 0) is 38.2 Å². The molecule has 4 atom stereocenters. The molecule has 2 saturated heterocycles. The van der Waals surface area contributed by atoms with Crippen molar-refractivity contribution in [1.82, 2.24) is 29.5 Å².